The van der Waals surface area contributed by atoms with Crippen molar-refractivity contribution < 1.29 is 9.59 Å². The molecule has 33 heavy (non-hydrogen) atoms. The minimum absolute atomic E-state index is 0.0272. The number of anilines is 1. The normalized spacial score (nSPS) is 10.7. The first kappa shape index (κ1) is 25.4. The number of nitrogens with one attached hydrogen (secondary N) is 2. The van der Waals surface area contributed by atoms with Gasteiger partial charge in [-0.2, -0.15) is 0 Å². The summed E-state index contributed by atoms with van der Waals surface area (Å²) >= 11 is 25.2. The molecule has 0 saturated heterocycles. The first-order chi connectivity index (χ1) is 15.8. The Kier molecular flexibility index (Phi) is 9.05. The lowest BCUT2D eigenvalue weighted by molar-refractivity contribution is -0.113. The predicted octanol–water partition coefficient (Wildman–Crippen LogP) is 5.74. The number of hydrogen-bond acceptors (Lipinski definition) is 5. The van der Waals surface area contributed by atoms with Gasteiger partial charge in [-0.1, -0.05) is 70.3 Å². The van der Waals surface area contributed by atoms with Gasteiger partial charge in [-0.15, -0.1) is 16.8 Å². The van der Waals surface area contributed by atoms with Gasteiger partial charge in [0.15, 0.2) is 11.0 Å². The van der Waals surface area contributed by atoms with Gasteiger partial charge in [-0.05, 0) is 30.3 Å². The van der Waals surface area contributed by atoms with E-state index in [9.17, 15) is 9.59 Å². The molecule has 0 spiro atoms. The van der Waals surface area contributed by atoms with E-state index in [-0.39, 0.29) is 39.8 Å². The van der Waals surface area contributed by atoms with Crippen molar-refractivity contribution in [2.45, 2.75) is 18.2 Å². The molecule has 7 nitrogen and oxygen atoms in total. The number of allylic oxidation sites excluding steroid dienone is 1. The second-order valence-corrected chi connectivity index (χ2v) is 9.20. The molecule has 0 bridgehead atoms. The summed E-state index contributed by atoms with van der Waals surface area (Å²) in [4.78, 5) is 24.8. The van der Waals surface area contributed by atoms with Crippen LogP contribution in [0.5, 0.6) is 0 Å². The van der Waals surface area contributed by atoms with Crippen molar-refractivity contribution in [2.24, 2.45) is 0 Å². The Morgan fingerprint density at radius 2 is 1.79 bits per heavy atom. The largest absolute Gasteiger partial charge is 0.345 e. The number of carbonyl (C=O) groups excluding carboxylic acids is 2. The molecule has 2 N–H and O–H groups in total. The number of thioether (sulfide) groups is 1. The number of rotatable bonds is 9. The van der Waals surface area contributed by atoms with Crippen molar-refractivity contribution >= 4 is 75.7 Å². The van der Waals surface area contributed by atoms with Gasteiger partial charge in [0.2, 0.25) is 5.91 Å². The van der Waals surface area contributed by atoms with Crippen LogP contribution >= 0.6 is 58.2 Å². The van der Waals surface area contributed by atoms with Crippen LogP contribution in [0.3, 0.4) is 0 Å². The fraction of sp³-hybridized carbons (Fsp3) is 0.143. The molecule has 0 aliphatic carbocycles. The zero-order valence-corrected chi connectivity index (χ0v) is 20.8. The van der Waals surface area contributed by atoms with E-state index in [1.807, 2.05) is 0 Å². The summed E-state index contributed by atoms with van der Waals surface area (Å²) < 4.78 is 1.76. The predicted molar refractivity (Wildman–Crippen MR) is 134 cm³/mol. The van der Waals surface area contributed by atoms with Crippen LogP contribution in [-0.2, 0) is 17.9 Å². The Hall–Kier alpha value is -2.23. The fourth-order valence-corrected chi connectivity index (χ4v) is 4.60. The van der Waals surface area contributed by atoms with Crippen molar-refractivity contribution in [2.75, 3.05) is 11.1 Å². The third-order valence-corrected chi connectivity index (χ3v) is 6.22. The molecule has 1 aromatic heterocycles. The highest BCUT2D eigenvalue weighted by molar-refractivity contribution is 7.99. The quantitative estimate of drug-likeness (QED) is 0.265. The summed E-state index contributed by atoms with van der Waals surface area (Å²) in [6.45, 7) is 4.27. The molecule has 0 radical (unpaired) electrons. The minimum Gasteiger partial charge on any atom is -0.345 e. The summed E-state index contributed by atoms with van der Waals surface area (Å²) in [5.41, 5.74) is 0.716. The van der Waals surface area contributed by atoms with Gasteiger partial charge >= 0.3 is 0 Å². The number of aromatic nitrogens is 3. The van der Waals surface area contributed by atoms with E-state index >= 15 is 0 Å². The first-order valence-electron chi connectivity index (χ1n) is 9.42. The van der Waals surface area contributed by atoms with Crippen molar-refractivity contribution in [3.05, 3.63) is 80.5 Å². The second-order valence-electron chi connectivity index (χ2n) is 6.57. The summed E-state index contributed by atoms with van der Waals surface area (Å²) in [7, 11) is 0. The van der Waals surface area contributed by atoms with E-state index in [1.54, 1.807) is 34.9 Å². The van der Waals surface area contributed by atoms with Gasteiger partial charge in [0, 0.05) is 22.2 Å². The topological polar surface area (TPSA) is 88.9 Å². The molecule has 0 aliphatic rings. The molecule has 3 aromatic rings. The molecule has 172 valence electrons. The van der Waals surface area contributed by atoms with Gasteiger partial charge in [0.25, 0.3) is 5.91 Å². The van der Waals surface area contributed by atoms with E-state index in [4.69, 9.17) is 46.4 Å². The highest BCUT2D eigenvalue weighted by Gasteiger charge is 2.16. The maximum atomic E-state index is 12.4. The first-order valence-corrected chi connectivity index (χ1v) is 11.9. The number of benzene rings is 2. The van der Waals surface area contributed by atoms with Crippen LogP contribution in [0.4, 0.5) is 5.69 Å². The van der Waals surface area contributed by atoms with E-state index in [2.05, 4.69) is 27.4 Å². The zero-order valence-electron chi connectivity index (χ0n) is 16.9. The second kappa shape index (κ2) is 11.8. The van der Waals surface area contributed by atoms with Crippen molar-refractivity contribution in [1.82, 2.24) is 20.1 Å². The summed E-state index contributed by atoms with van der Waals surface area (Å²) in [6.07, 6.45) is 1.67. The highest BCUT2D eigenvalue weighted by Crippen LogP contribution is 2.33. The zero-order chi connectivity index (χ0) is 24.0. The highest BCUT2D eigenvalue weighted by atomic mass is 35.5. The van der Waals surface area contributed by atoms with Crippen LogP contribution < -0.4 is 10.6 Å². The van der Waals surface area contributed by atoms with Gasteiger partial charge in [0.1, 0.15) is 0 Å². The third kappa shape index (κ3) is 6.88. The summed E-state index contributed by atoms with van der Waals surface area (Å²) in [5, 5.41) is 15.5. The van der Waals surface area contributed by atoms with Crippen LogP contribution in [0, 0.1) is 0 Å². The number of carbonyl (C=O) groups is 2. The molecule has 2 amide bonds. The van der Waals surface area contributed by atoms with Crippen molar-refractivity contribution in [3.63, 3.8) is 0 Å². The Morgan fingerprint density at radius 1 is 1.06 bits per heavy atom. The molecule has 0 unspecified atom stereocenters. The number of nitrogens with zero attached hydrogens (tertiary/aromatic N) is 3. The Bertz CT molecular complexity index is 1180. The van der Waals surface area contributed by atoms with Crippen LogP contribution in [0.15, 0.2) is 54.2 Å². The van der Waals surface area contributed by atoms with E-state index < -0.39 is 0 Å². The molecule has 0 atom stereocenters. The summed E-state index contributed by atoms with van der Waals surface area (Å²) in [6, 6.07) is 9.60. The molecule has 1 heterocycles. The number of amides is 2. The standard InChI is InChI=1S/C21H17Cl4N5O2S/c1-2-6-30-17(10-26-20(32)12-4-3-5-13(22)7-12)28-29-21(30)33-11-18(31)27-19-15(24)8-14(23)9-16(19)25/h2-5,7-9H,1,6,10-11H2,(H,26,32)(H,27,31). The van der Waals surface area contributed by atoms with Crippen molar-refractivity contribution in [1.29, 1.82) is 0 Å². The fourth-order valence-electron chi connectivity index (χ4n) is 2.73. The van der Waals surface area contributed by atoms with Crippen LogP contribution in [0.1, 0.15) is 16.2 Å². The monoisotopic (exact) mass is 543 g/mol. The Morgan fingerprint density at radius 3 is 2.45 bits per heavy atom. The Labute approximate surface area is 214 Å². The molecule has 0 fully saturated rings. The van der Waals surface area contributed by atoms with E-state index in [1.165, 1.54) is 23.9 Å². The maximum Gasteiger partial charge on any atom is 0.251 e. The average molecular weight is 545 g/mol. The Balaban J connectivity index is 1.64. The van der Waals surface area contributed by atoms with Gasteiger partial charge in [-0.25, -0.2) is 0 Å². The number of hydrogen-bond donors (Lipinski definition) is 2. The molecule has 2 aromatic carbocycles. The molecular weight excluding hydrogens is 528 g/mol. The average Bonchev–Trinajstić information content (AvgIpc) is 3.15. The molecule has 3 rings (SSSR count). The minimum atomic E-state index is -0.338. The van der Waals surface area contributed by atoms with Crippen LogP contribution in [0.25, 0.3) is 0 Å². The number of halogens is 4. The third-order valence-electron chi connectivity index (χ3n) is 4.20. The summed E-state index contributed by atoms with van der Waals surface area (Å²) in [5.74, 6) is -0.0950. The maximum absolute atomic E-state index is 12.4. The van der Waals surface area contributed by atoms with Gasteiger partial charge in [-0.3, -0.25) is 9.59 Å². The van der Waals surface area contributed by atoms with E-state index in [0.29, 0.717) is 33.1 Å². The molecule has 0 aliphatic heterocycles. The SMILES string of the molecule is C=CCn1c(CNC(=O)c2cccc(Cl)c2)nnc1SCC(=O)Nc1c(Cl)cc(Cl)cc1Cl. The van der Waals surface area contributed by atoms with Gasteiger partial charge < -0.3 is 15.2 Å². The smallest absolute Gasteiger partial charge is 0.251 e. The molecule has 0 saturated carbocycles. The van der Waals surface area contributed by atoms with Crippen molar-refractivity contribution in [3.8, 4) is 0 Å². The molecule has 12 heteroatoms. The molecular formula is C21H17Cl4N5O2S. The van der Waals surface area contributed by atoms with Crippen LogP contribution in [-0.4, -0.2) is 32.3 Å². The lowest BCUT2D eigenvalue weighted by Gasteiger charge is -2.11. The van der Waals surface area contributed by atoms with Gasteiger partial charge in [0.05, 0.1) is 28.0 Å². The van der Waals surface area contributed by atoms with E-state index in [0.717, 1.165) is 0 Å². The van der Waals surface area contributed by atoms with Crippen LogP contribution in [0.2, 0.25) is 20.1 Å². The lowest BCUT2D eigenvalue weighted by atomic mass is 10.2. The lowest BCUT2D eigenvalue weighted by Crippen LogP contribution is -2.24.